The number of halogens is 2. The van der Waals surface area contributed by atoms with Crippen LogP contribution in [0, 0.1) is 5.82 Å². The standard InChI is InChI=1S/C13H12ClFN2O/c1-2-18-13-12(15)9(5-6-17-13)10-7-8(14)3-4-11(10)16/h3-7H,2,16H2,1H3. The molecule has 0 aliphatic rings. The maximum Gasteiger partial charge on any atom is 0.251 e. The van der Waals surface area contributed by atoms with Crippen molar-refractivity contribution in [2.45, 2.75) is 6.92 Å². The van der Waals surface area contributed by atoms with Gasteiger partial charge in [-0.2, -0.15) is 0 Å². The van der Waals surface area contributed by atoms with Gasteiger partial charge in [0.05, 0.1) is 6.61 Å². The summed E-state index contributed by atoms with van der Waals surface area (Å²) in [5, 5.41) is 0.494. The molecule has 0 unspecified atom stereocenters. The minimum Gasteiger partial charge on any atom is -0.476 e. The molecule has 0 amide bonds. The number of rotatable bonds is 3. The molecule has 0 saturated carbocycles. The number of nitrogen functional groups attached to an aromatic ring is 1. The summed E-state index contributed by atoms with van der Waals surface area (Å²) in [5.41, 5.74) is 7.14. The maximum atomic E-state index is 14.2. The topological polar surface area (TPSA) is 48.1 Å². The van der Waals surface area contributed by atoms with Gasteiger partial charge in [0, 0.05) is 28.0 Å². The predicted octanol–water partition coefficient (Wildman–Crippen LogP) is 3.52. The van der Waals surface area contributed by atoms with Gasteiger partial charge in [-0.15, -0.1) is 0 Å². The van der Waals surface area contributed by atoms with Crippen molar-refractivity contribution in [1.82, 2.24) is 4.98 Å². The third-order valence-electron chi connectivity index (χ3n) is 2.44. The van der Waals surface area contributed by atoms with Crippen molar-refractivity contribution in [2.75, 3.05) is 12.3 Å². The number of anilines is 1. The first kappa shape index (κ1) is 12.6. The molecule has 0 aliphatic heterocycles. The summed E-state index contributed by atoms with van der Waals surface area (Å²) in [4.78, 5) is 3.84. The van der Waals surface area contributed by atoms with Crippen molar-refractivity contribution in [2.24, 2.45) is 0 Å². The average Bonchev–Trinajstić information content (AvgIpc) is 2.35. The summed E-state index contributed by atoms with van der Waals surface area (Å²) >= 11 is 5.90. The van der Waals surface area contributed by atoms with E-state index in [-0.39, 0.29) is 5.88 Å². The molecular weight excluding hydrogens is 255 g/mol. The molecule has 0 bridgehead atoms. The van der Waals surface area contributed by atoms with E-state index in [0.717, 1.165) is 0 Å². The molecule has 3 nitrogen and oxygen atoms in total. The summed E-state index contributed by atoms with van der Waals surface area (Å²) in [7, 11) is 0. The zero-order chi connectivity index (χ0) is 13.1. The van der Waals surface area contributed by atoms with Crippen LogP contribution >= 0.6 is 11.6 Å². The normalized spacial score (nSPS) is 10.4. The highest BCUT2D eigenvalue weighted by Crippen LogP contribution is 2.33. The van der Waals surface area contributed by atoms with Crippen LogP contribution in [0.5, 0.6) is 5.88 Å². The van der Waals surface area contributed by atoms with Crippen LogP contribution in [-0.4, -0.2) is 11.6 Å². The Labute approximate surface area is 109 Å². The quantitative estimate of drug-likeness (QED) is 0.865. The minimum absolute atomic E-state index is 0.0330. The Morgan fingerprint density at radius 2 is 2.11 bits per heavy atom. The Hall–Kier alpha value is -1.81. The predicted molar refractivity (Wildman–Crippen MR) is 70.2 cm³/mol. The van der Waals surface area contributed by atoms with E-state index in [9.17, 15) is 4.39 Å². The Balaban J connectivity index is 2.57. The van der Waals surface area contributed by atoms with Crippen LogP contribution < -0.4 is 10.5 Å². The van der Waals surface area contributed by atoms with Gasteiger partial charge in [0.2, 0.25) is 0 Å². The van der Waals surface area contributed by atoms with E-state index in [4.69, 9.17) is 22.1 Å². The molecule has 18 heavy (non-hydrogen) atoms. The first-order valence-electron chi connectivity index (χ1n) is 5.46. The molecule has 2 N–H and O–H groups in total. The van der Waals surface area contributed by atoms with Crippen molar-refractivity contribution in [3.63, 3.8) is 0 Å². The second kappa shape index (κ2) is 5.23. The molecule has 94 valence electrons. The summed E-state index contributed by atoms with van der Waals surface area (Å²) in [5.74, 6) is -0.567. The number of nitrogens with zero attached hydrogens (tertiary/aromatic N) is 1. The lowest BCUT2D eigenvalue weighted by Crippen LogP contribution is -2.00. The molecule has 0 atom stereocenters. The minimum atomic E-state index is -0.534. The van der Waals surface area contributed by atoms with Crippen LogP contribution in [0.4, 0.5) is 10.1 Å². The summed E-state index contributed by atoms with van der Waals surface area (Å²) in [6.45, 7) is 2.11. The van der Waals surface area contributed by atoms with E-state index >= 15 is 0 Å². The van der Waals surface area contributed by atoms with Crippen LogP contribution in [-0.2, 0) is 0 Å². The van der Waals surface area contributed by atoms with Gasteiger partial charge in [0.1, 0.15) is 0 Å². The smallest absolute Gasteiger partial charge is 0.251 e. The molecule has 5 heteroatoms. The number of ether oxygens (including phenoxy) is 1. The number of hydrogen-bond acceptors (Lipinski definition) is 3. The summed E-state index contributed by atoms with van der Waals surface area (Å²) < 4.78 is 19.3. The second-order valence-electron chi connectivity index (χ2n) is 3.64. The fourth-order valence-corrected chi connectivity index (χ4v) is 1.80. The van der Waals surface area contributed by atoms with Crippen molar-refractivity contribution >= 4 is 17.3 Å². The average molecular weight is 267 g/mol. The summed E-state index contributed by atoms with van der Waals surface area (Å²) in [6, 6.07) is 6.45. The van der Waals surface area contributed by atoms with Crippen LogP contribution in [0.1, 0.15) is 6.92 Å². The van der Waals surface area contributed by atoms with Crippen LogP contribution in [0.3, 0.4) is 0 Å². The van der Waals surface area contributed by atoms with Crippen LogP contribution in [0.15, 0.2) is 30.5 Å². The molecule has 0 radical (unpaired) electrons. The molecule has 0 spiro atoms. The molecule has 1 heterocycles. The Bertz CT molecular complexity index is 575. The van der Waals surface area contributed by atoms with Gasteiger partial charge in [0.15, 0.2) is 5.82 Å². The van der Waals surface area contributed by atoms with Gasteiger partial charge >= 0.3 is 0 Å². The highest BCUT2D eigenvalue weighted by Gasteiger charge is 2.14. The van der Waals surface area contributed by atoms with Gasteiger partial charge in [-0.1, -0.05) is 11.6 Å². The molecule has 0 aliphatic carbocycles. The highest BCUT2D eigenvalue weighted by atomic mass is 35.5. The van der Waals surface area contributed by atoms with E-state index in [2.05, 4.69) is 4.98 Å². The number of pyridine rings is 1. The molecule has 2 rings (SSSR count). The van der Waals surface area contributed by atoms with Crippen LogP contribution in [0.2, 0.25) is 5.02 Å². The van der Waals surface area contributed by atoms with E-state index in [0.29, 0.717) is 28.4 Å². The number of nitrogens with two attached hydrogens (primary N) is 1. The molecule has 2 aromatic rings. The van der Waals surface area contributed by atoms with Crippen molar-refractivity contribution in [3.8, 4) is 17.0 Å². The number of benzene rings is 1. The van der Waals surface area contributed by atoms with E-state index in [1.807, 2.05) is 0 Å². The molecule has 0 saturated heterocycles. The van der Waals surface area contributed by atoms with Gasteiger partial charge < -0.3 is 10.5 Å². The largest absolute Gasteiger partial charge is 0.476 e. The van der Waals surface area contributed by atoms with Gasteiger partial charge in [0.25, 0.3) is 5.88 Å². The number of hydrogen-bond donors (Lipinski definition) is 1. The highest BCUT2D eigenvalue weighted by molar-refractivity contribution is 6.31. The van der Waals surface area contributed by atoms with E-state index in [1.54, 1.807) is 31.2 Å². The number of aromatic nitrogens is 1. The SMILES string of the molecule is CCOc1nccc(-c2cc(Cl)ccc2N)c1F. The lowest BCUT2D eigenvalue weighted by atomic mass is 10.0. The maximum absolute atomic E-state index is 14.2. The lowest BCUT2D eigenvalue weighted by molar-refractivity contribution is 0.308. The van der Waals surface area contributed by atoms with Gasteiger partial charge in [-0.05, 0) is 31.2 Å². The third-order valence-corrected chi connectivity index (χ3v) is 2.68. The second-order valence-corrected chi connectivity index (χ2v) is 4.08. The molecular formula is C13H12ClFN2O. The van der Waals surface area contributed by atoms with Crippen molar-refractivity contribution in [1.29, 1.82) is 0 Å². The van der Waals surface area contributed by atoms with Crippen molar-refractivity contribution < 1.29 is 9.13 Å². The zero-order valence-corrected chi connectivity index (χ0v) is 10.5. The lowest BCUT2D eigenvalue weighted by Gasteiger charge is -2.10. The third kappa shape index (κ3) is 2.38. The molecule has 1 aromatic carbocycles. The van der Waals surface area contributed by atoms with Gasteiger partial charge in [-0.25, -0.2) is 9.37 Å². The fourth-order valence-electron chi connectivity index (χ4n) is 1.63. The molecule has 0 fully saturated rings. The Morgan fingerprint density at radius 3 is 2.83 bits per heavy atom. The fraction of sp³-hybridized carbons (Fsp3) is 0.154. The first-order chi connectivity index (χ1) is 8.63. The van der Waals surface area contributed by atoms with E-state index < -0.39 is 5.82 Å². The van der Waals surface area contributed by atoms with E-state index in [1.165, 1.54) is 6.20 Å². The monoisotopic (exact) mass is 266 g/mol. The zero-order valence-electron chi connectivity index (χ0n) is 9.78. The summed E-state index contributed by atoms with van der Waals surface area (Å²) in [6.07, 6.45) is 1.48. The molecule has 1 aromatic heterocycles. The Kier molecular flexibility index (Phi) is 3.67. The van der Waals surface area contributed by atoms with Crippen LogP contribution in [0.25, 0.3) is 11.1 Å². The first-order valence-corrected chi connectivity index (χ1v) is 5.84. The van der Waals surface area contributed by atoms with Gasteiger partial charge in [-0.3, -0.25) is 0 Å². The Morgan fingerprint density at radius 1 is 1.33 bits per heavy atom. The van der Waals surface area contributed by atoms with Crippen molar-refractivity contribution in [3.05, 3.63) is 41.3 Å².